The summed E-state index contributed by atoms with van der Waals surface area (Å²) in [5.41, 5.74) is 0.823. The Morgan fingerprint density at radius 1 is 1.14 bits per heavy atom. The SMILES string of the molecule is COC(=O)N1CCN(/C=C(/C#N)C(=O)NC(C)c2ccc(OC)c(OC)c2)CC1. The number of nitriles is 1. The van der Waals surface area contributed by atoms with Crippen LogP contribution >= 0.6 is 0 Å². The molecule has 0 aliphatic carbocycles. The van der Waals surface area contributed by atoms with Crippen molar-refractivity contribution in [3.8, 4) is 17.6 Å². The number of carbonyl (C=O) groups is 2. The highest BCUT2D eigenvalue weighted by Gasteiger charge is 2.22. The molecule has 1 saturated heterocycles. The average molecular weight is 402 g/mol. The van der Waals surface area contributed by atoms with Crippen molar-refractivity contribution < 1.29 is 23.8 Å². The van der Waals surface area contributed by atoms with Crippen molar-refractivity contribution in [1.29, 1.82) is 5.26 Å². The first-order valence-electron chi connectivity index (χ1n) is 9.15. The van der Waals surface area contributed by atoms with E-state index in [1.165, 1.54) is 13.3 Å². The monoisotopic (exact) mass is 402 g/mol. The van der Waals surface area contributed by atoms with E-state index in [1.54, 1.807) is 31.3 Å². The van der Waals surface area contributed by atoms with E-state index in [4.69, 9.17) is 14.2 Å². The van der Waals surface area contributed by atoms with Gasteiger partial charge in [-0.3, -0.25) is 4.79 Å². The Morgan fingerprint density at radius 3 is 2.34 bits per heavy atom. The summed E-state index contributed by atoms with van der Waals surface area (Å²) in [6.07, 6.45) is 1.15. The molecule has 1 atom stereocenters. The maximum absolute atomic E-state index is 12.6. The quantitative estimate of drug-likeness (QED) is 0.570. The summed E-state index contributed by atoms with van der Waals surface area (Å²) in [6, 6.07) is 6.98. The van der Waals surface area contributed by atoms with Crippen molar-refractivity contribution in [2.45, 2.75) is 13.0 Å². The lowest BCUT2D eigenvalue weighted by Gasteiger charge is -2.33. The zero-order chi connectivity index (χ0) is 21.4. The summed E-state index contributed by atoms with van der Waals surface area (Å²) < 4.78 is 15.2. The van der Waals surface area contributed by atoms with Crippen LogP contribution in [0.4, 0.5) is 4.79 Å². The molecule has 1 aromatic carbocycles. The second-order valence-corrected chi connectivity index (χ2v) is 6.46. The molecule has 0 radical (unpaired) electrons. The summed E-state index contributed by atoms with van der Waals surface area (Å²) in [6.45, 7) is 3.78. The molecule has 9 heteroatoms. The topological polar surface area (TPSA) is 104 Å². The van der Waals surface area contributed by atoms with Gasteiger partial charge in [0.05, 0.1) is 27.4 Å². The van der Waals surface area contributed by atoms with Gasteiger partial charge in [0.1, 0.15) is 11.6 Å². The van der Waals surface area contributed by atoms with E-state index in [0.29, 0.717) is 37.7 Å². The van der Waals surface area contributed by atoms with E-state index in [1.807, 2.05) is 24.0 Å². The zero-order valence-corrected chi connectivity index (χ0v) is 17.1. The van der Waals surface area contributed by atoms with E-state index < -0.39 is 5.91 Å². The van der Waals surface area contributed by atoms with Gasteiger partial charge in [-0.2, -0.15) is 5.26 Å². The van der Waals surface area contributed by atoms with Crippen LogP contribution in [0.5, 0.6) is 11.5 Å². The van der Waals surface area contributed by atoms with Crippen LogP contribution in [0.1, 0.15) is 18.5 Å². The van der Waals surface area contributed by atoms with Crippen LogP contribution < -0.4 is 14.8 Å². The first-order chi connectivity index (χ1) is 13.9. The lowest BCUT2D eigenvalue weighted by molar-refractivity contribution is -0.117. The first-order valence-corrected chi connectivity index (χ1v) is 9.15. The molecular formula is C20H26N4O5. The van der Waals surface area contributed by atoms with Crippen molar-refractivity contribution in [3.63, 3.8) is 0 Å². The fourth-order valence-corrected chi connectivity index (χ4v) is 2.96. The lowest BCUT2D eigenvalue weighted by Crippen LogP contribution is -2.47. The molecule has 0 aromatic heterocycles. The van der Waals surface area contributed by atoms with Gasteiger partial charge in [-0.05, 0) is 24.6 Å². The van der Waals surface area contributed by atoms with Gasteiger partial charge < -0.3 is 29.3 Å². The Morgan fingerprint density at radius 2 is 1.79 bits per heavy atom. The zero-order valence-electron chi connectivity index (χ0n) is 17.1. The molecule has 0 bridgehead atoms. The maximum atomic E-state index is 12.6. The largest absolute Gasteiger partial charge is 0.493 e. The number of amides is 2. The van der Waals surface area contributed by atoms with Gasteiger partial charge in [0.25, 0.3) is 5.91 Å². The fraction of sp³-hybridized carbons (Fsp3) is 0.450. The summed E-state index contributed by atoms with van der Waals surface area (Å²) in [5, 5.41) is 12.2. The summed E-state index contributed by atoms with van der Waals surface area (Å²) in [5.74, 6) is 0.689. The minimum atomic E-state index is -0.467. The van der Waals surface area contributed by atoms with E-state index in [2.05, 4.69) is 5.32 Å². The maximum Gasteiger partial charge on any atom is 0.409 e. The molecule has 1 N–H and O–H groups in total. The Bertz CT molecular complexity index is 810. The minimum absolute atomic E-state index is 0.00356. The smallest absolute Gasteiger partial charge is 0.409 e. The van der Waals surface area contributed by atoms with Gasteiger partial charge in [-0.15, -0.1) is 0 Å². The van der Waals surface area contributed by atoms with Crippen molar-refractivity contribution in [2.75, 3.05) is 47.5 Å². The molecule has 29 heavy (non-hydrogen) atoms. The molecule has 1 aliphatic rings. The molecule has 0 spiro atoms. The summed E-state index contributed by atoms with van der Waals surface area (Å²) in [7, 11) is 4.44. The van der Waals surface area contributed by atoms with Crippen LogP contribution in [0.15, 0.2) is 30.0 Å². The summed E-state index contributed by atoms with van der Waals surface area (Å²) in [4.78, 5) is 27.5. The molecule has 0 saturated carbocycles. The minimum Gasteiger partial charge on any atom is -0.493 e. The van der Waals surface area contributed by atoms with Crippen LogP contribution in [0.2, 0.25) is 0 Å². The number of nitrogens with one attached hydrogen (secondary N) is 1. The van der Waals surface area contributed by atoms with Crippen molar-refractivity contribution in [1.82, 2.24) is 15.1 Å². The highest BCUT2D eigenvalue weighted by atomic mass is 16.5. The molecular weight excluding hydrogens is 376 g/mol. The van der Waals surface area contributed by atoms with Crippen LogP contribution in [0.25, 0.3) is 0 Å². The number of benzene rings is 1. The van der Waals surface area contributed by atoms with Crippen LogP contribution in [-0.2, 0) is 9.53 Å². The normalized spacial score (nSPS) is 15.2. The molecule has 1 aromatic rings. The van der Waals surface area contributed by atoms with Crippen molar-refractivity contribution in [2.24, 2.45) is 0 Å². The predicted molar refractivity (Wildman–Crippen MR) is 105 cm³/mol. The fourth-order valence-electron chi connectivity index (χ4n) is 2.96. The van der Waals surface area contributed by atoms with Crippen molar-refractivity contribution >= 4 is 12.0 Å². The molecule has 2 amide bonds. The van der Waals surface area contributed by atoms with Crippen LogP contribution in [0.3, 0.4) is 0 Å². The van der Waals surface area contributed by atoms with Gasteiger partial charge in [-0.1, -0.05) is 6.07 Å². The third-order valence-electron chi connectivity index (χ3n) is 4.68. The number of hydrogen-bond acceptors (Lipinski definition) is 7. The average Bonchev–Trinajstić information content (AvgIpc) is 2.76. The van der Waals surface area contributed by atoms with Gasteiger partial charge >= 0.3 is 6.09 Å². The second kappa shape index (κ2) is 10.2. The van der Waals surface area contributed by atoms with E-state index in [9.17, 15) is 14.9 Å². The van der Waals surface area contributed by atoms with E-state index >= 15 is 0 Å². The van der Waals surface area contributed by atoms with Gasteiger partial charge in [0.2, 0.25) is 0 Å². The molecule has 1 fully saturated rings. The Balaban J connectivity index is 2.02. The highest BCUT2D eigenvalue weighted by Crippen LogP contribution is 2.29. The number of ether oxygens (including phenoxy) is 3. The number of carbonyl (C=O) groups excluding carboxylic acids is 2. The molecule has 156 valence electrons. The van der Waals surface area contributed by atoms with E-state index in [0.717, 1.165) is 5.56 Å². The van der Waals surface area contributed by atoms with Gasteiger partial charge in [-0.25, -0.2) is 4.79 Å². The third kappa shape index (κ3) is 5.54. The van der Waals surface area contributed by atoms with E-state index in [-0.39, 0.29) is 17.7 Å². The lowest BCUT2D eigenvalue weighted by atomic mass is 10.1. The molecule has 1 heterocycles. The molecule has 1 aliphatic heterocycles. The third-order valence-corrected chi connectivity index (χ3v) is 4.68. The number of rotatable bonds is 6. The second-order valence-electron chi connectivity index (χ2n) is 6.46. The predicted octanol–water partition coefficient (Wildman–Crippen LogP) is 1.67. The Labute approximate surface area is 170 Å². The number of methoxy groups -OCH3 is 3. The number of hydrogen-bond donors (Lipinski definition) is 1. The van der Waals surface area contributed by atoms with Crippen molar-refractivity contribution in [3.05, 3.63) is 35.5 Å². The number of piperazine rings is 1. The van der Waals surface area contributed by atoms with Crippen LogP contribution in [0, 0.1) is 11.3 Å². The van der Waals surface area contributed by atoms with Gasteiger partial charge in [0.15, 0.2) is 11.5 Å². The Hall–Kier alpha value is -3.41. The van der Waals surface area contributed by atoms with Gasteiger partial charge in [0, 0.05) is 32.4 Å². The standard InChI is InChI=1S/C20H26N4O5/c1-14(15-5-6-17(27-2)18(11-15)28-3)22-19(25)16(12-21)13-23-7-9-24(10-8-23)20(26)29-4/h5-6,11,13-14H,7-10H2,1-4H3,(H,22,25)/b16-13-. The summed E-state index contributed by atoms with van der Waals surface area (Å²) >= 11 is 0. The highest BCUT2D eigenvalue weighted by molar-refractivity contribution is 5.97. The molecule has 1 unspecified atom stereocenters. The Kier molecular flexibility index (Phi) is 7.71. The first kappa shape index (κ1) is 21.9. The molecule has 9 nitrogen and oxygen atoms in total. The molecule has 2 rings (SSSR count). The number of nitrogens with zero attached hydrogens (tertiary/aromatic N) is 3. The van der Waals surface area contributed by atoms with Crippen LogP contribution in [-0.4, -0.2) is 69.3 Å².